The number of rotatable bonds is 4. The number of nitrogens with zero attached hydrogens (tertiary/aromatic N) is 3. The van der Waals surface area contributed by atoms with Crippen molar-refractivity contribution in [2.24, 2.45) is 5.41 Å². The van der Waals surface area contributed by atoms with Crippen LogP contribution in [0.1, 0.15) is 24.8 Å². The average Bonchev–Trinajstić information content (AvgIpc) is 3.20. The van der Waals surface area contributed by atoms with Gasteiger partial charge in [-0.15, -0.1) is 0 Å². The Morgan fingerprint density at radius 1 is 1.19 bits per heavy atom. The van der Waals surface area contributed by atoms with Crippen LogP contribution in [0, 0.1) is 5.41 Å². The van der Waals surface area contributed by atoms with Crippen molar-refractivity contribution in [2.45, 2.75) is 31.1 Å². The van der Waals surface area contributed by atoms with Crippen molar-refractivity contribution >= 4 is 10.0 Å². The molecule has 5 nitrogen and oxygen atoms in total. The number of hydrogen-bond acceptors (Lipinski definition) is 4. The van der Waals surface area contributed by atoms with Crippen LogP contribution in [0.4, 0.5) is 0 Å². The normalized spacial score (nSPS) is 26.1. The fourth-order valence-electron chi connectivity index (χ4n) is 3.71. The SMILES string of the molecule is O=S(=O)(C1CC1)N1CCC2(CN(Cc3ccncc3)C2)C1. The lowest BCUT2D eigenvalue weighted by molar-refractivity contribution is 0.00649. The minimum atomic E-state index is -2.98. The molecule has 3 aliphatic rings. The smallest absolute Gasteiger partial charge is 0.217 e. The summed E-state index contributed by atoms with van der Waals surface area (Å²) in [4.78, 5) is 6.44. The topological polar surface area (TPSA) is 53.5 Å². The summed E-state index contributed by atoms with van der Waals surface area (Å²) in [7, 11) is -2.98. The number of aromatic nitrogens is 1. The first-order chi connectivity index (χ1) is 10.1. The van der Waals surface area contributed by atoms with Crippen molar-refractivity contribution in [3.05, 3.63) is 30.1 Å². The molecule has 1 aliphatic carbocycles. The molecule has 114 valence electrons. The van der Waals surface area contributed by atoms with E-state index in [2.05, 4.69) is 9.88 Å². The lowest BCUT2D eigenvalue weighted by atomic mass is 9.79. The van der Waals surface area contributed by atoms with Crippen molar-refractivity contribution in [3.63, 3.8) is 0 Å². The molecule has 1 aromatic rings. The van der Waals surface area contributed by atoms with E-state index >= 15 is 0 Å². The quantitative estimate of drug-likeness (QED) is 0.835. The first kappa shape index (κ1) is 13.7. The highest BCUT2D eigenvalue weighted by molar-refractivity contribution is 7.90. The van der Waals surface area contributed by atoms with Crippen LogP contribution >= 0.6 is 0 Å². The maximum atomic E-state index is 12.3. The molecule has 0 amide bonds. The van der Waals surface area contributed by atoms with Crippen molar-refractivity contribution in [1.82, 2.24) is 14.2 Å². The predicted molar refractivity (Wildman–Crippen MR) is 80.1 cm³/mol. The van der Waals surface area contributed by atoms with Crippen LogP contribution in [-0.4, -0.2) is 54.0 Å². The van der Waals surface area contributed by atoms with Gasteiger partial charge in [0.2, 0.25) is 10.0 Å². The van der Waals surface area contributed by atoms with Gasteiger partial charge in [0.1, 0.15) is 0 Å². The number of hydrogen-bond donors (Lipinski definition) is 0. The summed E-state index contributed by atoms with van der Waals surface area (Å²) in [6.07, 6.45) is 6.39. The zero-order valence-corrected chi connectivity index (χ0v) is 12.9. The van der Waals surface area contributed by atoms with Crippen LogP contribution in [0.5, 0.6) is 0 Å². The molecule has 0 atom stereocenters. The molecule has 0 unspecified atom stereocenters. The van der Waals surface area contributed by atoms with Crippen molar-refractivity contribution in [1.29, 1.82) is 0 Å². The summed E-state index contributed by atoms with van der Waals surface area (Å²) in [6.45, 7) is 4.44. The van der Waals surface area contributed by atoms with Crippen LogP contribution in [0.3, 0.4) is 0 Å². The highest BCUT2D eigenvalue weighted by atomic mass is 32.2. The molecule has 1 saturated carbocycles. The molecule has 4 rings (SSSR count). The van der Waals surface area contributed by atoms with E-state index in [1.54, 1.807) is 4.31 Å². The van der Waals surface area contributed by atoms with Crippen LogP contribution < -0.4 is 0 Å². The molecule has 21 heavy (non-hydrogen) atoms. The summed E-state index contributed by atoms with van der Waals surface area (Å²) < 4.78 is 26.4. The molecule has 2 aliphatic heterocycles. The molecular formula is C15H21N3O2S. The van der Waals surface area contributed by atoms with Crippen molar-refractivity contribution < 1.29 is 8.42 Å². The van der Waals surface area contributed by atoms with Gasteiger partial charge in [-0.05, 0) is 37.0 Å². The second-order valence-electron chi connectivity index (χ2n) is 6.83. The Kier molecular flexibility index (Phi) is 3.10. The van der Waals surface area contributed by atoms with E-state index in [1.165, 1.54) is 5.56 Å². The highest BCUT2D eigenvalue weighted by Gasteiger charge is 2.52. The van der Waals surface area contributed by atoms with Crippen LogP contribution in [0.15, 0.2) is 24.5 Å². The van der Waals surface area contributed by atoms with Crippen LogP contribution in [0.2, 0.25) is 0 Å². The third kappa shape index (κ3) is 2.49. The molecule has 1 aromatic heterocycles. The molecule has 0 N–H and O–H groups in total. The fraction of sp³-hybridized carbons (Fsp3) is 0.667. The molecule has 2 saturated heterocycles. The van der Waals surface area contributed by atoms with Crippen LogP contribution in [-0.2, 0) is 16.6 Å². The lowest BCUT2D eigenvalue weighted by Gasteiger charge is -2.48. The molecule has 3 fully saturated rings. The van der Waals surface area contributed by atoms with Crippen molar-refractivity contribution in [2.75, 3.05) is 26.2 Å². The zero-order chi connectivity index (χ0) is 14.5. The Hall–Kier alpha value is -0.980. The van der Waals surface area contributed by atoms with Gasteiger partial charge in [-0.2, -0.15) is 0 Å². The van der Waals surface area contributed by atoms with Crippen molar-refractivity contribution in [3.8, 4) is 0 Å². The largest absolute Gasteiger partial charge is 0.298 e. The number of pyridine rings is 1. The zero-order valence-electron chi connectivity index (χ0n) is 12.1. The predicted octanol–water partition coefficient (Wildman–Crippen LogP) is 1.08. The van der Waals surface area contributed by atoms with Gasteiger partial charge in [0.05, 0.1) is 5.25 Å². The maximum Gasteiger partial charge on any atom is 0.217 e. The number of sulfonamides is 1. The van der Waals surface area contributed by atoms with E-state index in [0.29, 0.717) is 0 Å². The standard InChI is InChI=1S/C15H21N3O2S/c19-21(20,14-1-2-14)18-8-5-15(12-18)10-17(11-15)9-13-3-6-16-7-4-13/h3-4,6-7,14H,1-2,5,8-12H2. The first-order valence-electron chi connectivity index (χ1n) is 7.68. The van der Waals surface area contributed by atoms with E-state index in [4.69, 9.17) is 0 Å². The lowest BCUT2D eigenvalue weighted by Crippen LogP contribution is -2.57. The van der Waals surface area contributed by atoms with E-state index in [0.717, 1.165) is 52.0 Å². The van der Waals surface area contributed by atoms with E-state index < -0.39 is 10.0 Å². The summed E-state index contributed by atoms with van der Waals surface area (Å²) >= 11 is 0. The highest BCUT2D eigenvalue weighted by Crippen LogP contribution is 2.43. The van der Waals surface area contributed by atoms with Gasteiger partial charge in [-0.25, -0.2) is 12.7 Å². The second-order valence-corrected chi connectivity index (χ2v) is 9.04. The van der Waals surface area contributed by atoms with Gasteiger partial charge in [-0.3, -0.25) is 9.88 Å². The Bertz CT molecular complexity index is 622. The summed E-state index contributed by atoms with van der Waals surface area (Å²) in [5, 5.41) is -0.0688. The van der Waals surface area contributed by atoms with Gasteiger partial charge in [0.15, 0.2) is 0 Å². The summed E-state index contributed by atoms with van der Waals surface area (Å²) in [5.41, 5.74) is 1.50. The summed E-state index contributed by atoms with van der Waals surface area (Å²) in [5.74, 6) is 0. The Morgan fingerprint density at radius 3 is 2.57 bits per heavy atom. The third-order valence-corrected chi connectivity index (χ3v) is 7.33. The Balaban J connectivity index is 1.35. The minimum absolute atomic E-state index is 0.0688. The number of likely N-dealkylation sites (tertiary alicyclic amines) is 1. The first-order valence-corrected chi connectivity index (χ1v) is 9.18. The Morgan fingerprint density at radius 2 is 1.90 bits per heavy atom. The molecule has 1 spiro atoms. The Labute approximate surface area is 126 Å². The molecule has 0 radical (unpaired) electrons. The van der Waals surface area contributed by atoms with Crippen LogP contribution in [0.25, 0.3) is 0 Å². The monoisotopic (exact) mass is 307 g/mol. The van der Waals surface area contributed by atoms with Gasteiger partial charge in [0, 0.05) is 50.5 Å². The fourth-order valence-corrected chi connectivity index (χ4v) is 5.66. The minimum Gasteiger partial charge on any atom is -0.298 e. The average molecular weight is 307 g/mol. The van der Waals surface area contributed by atoms with Gasteiger partial charge in [0.25, 0.3) is 0 Å². The van der Waals surface area contributed by atoms with E-state index in [1.807, 2.05) is 24.5 Å². The third-order valence-electron chi connectivity index (χ3n) is 4.98. The maximum absolute atomic E-state index is 12.3. The second kappa shape index (κ2) is 4.76. The van der Waals surface area contributed by atoms with Gasteiger partial charge < -0.3 is 0 Å². The molecule has 3 heterocycles. The molecule has 0 bridgehead atoms. The summed E-state index contributed by atoms with van der Waals surface area (Å²) in [6, 6.07) is 4.09. The van der Waals surface area contributed by atoms with E-state index in [-0.39, 0.29) is 10.7 Å². The molecule has 6 heteroatoms. The van der Waals surface area contributed by atoms with Gasteiger partial charge >= 0.3 is 0 Å². The van der Waals surface area contributed by atoms with E-state index in [9.17, 15) is 8.42 Å². The molecule has 0 aromatic carbocycles. The molecular weight excluding hydrogens is 286 g/mol. The van der Waals surface area contributed by atoms with Gasteiger partial charge in [-0.1, -0.05) is 0 Å².